The van der Waals surface area contributed by atoms with Gasteiger partial charge in [-0.2, -0.15) is 0 Å². The maximum absolute atomic E-state index is 12.6. The number of nitrogens with one attached hydrogen (secondary N) is 2. The van der Waals surface area contributed by atoms with Crippen molar-refractivity contribution in [3.05, 3.63) is 35.9 Å². The van der Waals surface area contributed by atoms with Gasteiger partial charge in [0.25, 0.3) is 0 Å². The van der Waals surface area contributed by atoms with Crippen molar-refractivity contribution in [2.75, 3.05) is 39.9 Å². The third-order valence-electron chi connectivity index (χ3n) is 6.15. The van der Waals surface area contributed by atoms with Crippen LogP contribution in [-0.2, 0) is 16.0 Å². The molecular formula is C24H38N4O2. The third-order valence-corrected chi connectivity index (χ3v) is 6.15. The third kappa shape index (κ3) is 7.31. The van der Waals surface area contributed by atoms with Gasteiger partial charge in [-0.3, -0.25) is 9.79 Å². The van der Waals surface area contributed by atoms with Gasteiger partial charge in [0.15, 0.2) is 5.96 Å². The lowest BCUT2D eigenvalue weighted by atomic mass is 10.1. The van der Waals surface area contributed by atoms with Crippen LogP contribution in [0.2, 0.25) is 0 Å². The molecule has 1 amide bonds. The zero-order valence-corrected chi connectivity index (χ0v) is 18.4. The number of hydrogen-bond acceptors (Lipinski definition) is 3. The first-order valence-corrected chi connectivity index (χ1v) is 11.6. The van der Waals surface area contributed by atoms with E-state index in [-0.39, 0.29) is 5.92 Å². The molecule has 2 aliphatic rings. The number of hydrogen-bond donors (Lipinski definition) is 2. The minimum Gasteiger partial charge on any atom is -0.381 e. The fourth-order valence-electron chi connectivity index (χ4n) is 4.37. The number of amides is 1. The van der Waals surface area contributed by atoms with E-state index in [0.717, 1.165) is 77.3 Å². The minimum absolute atomic E-state index is 0.274. The van der Waals surface area contributed by atoms with Crippen molar-refractivity contribution in [3.8, 4) is 0 Å². The maximum Gasteiger partial charge on any atom is 0.225 e. The van der Waals surface area contributed by atoms with Crippen LogP contribution in [-0.4, -0.2) is 62.7 Å². The molecule has 0 bridgehead atoms. The van der Waals surface area contributed by atoms with E-state index >= 15 is 0 Å². The molecule has 1 aromatic rings. The van der Waals surface area contributed by atoms with Gasteiger partial charge in [-0.15, -0.1) is 0 Å². The number of benzene rings is 1. The molecule has 166 valence electrons. The molecule has 0 spiro atoms. The molecule has 0 aromatic heterocycles. The van der Waals surface area contributed by atoms with Gasteiger partial charge < -0.3 is 20.3 Å². The van der Waals surface area contributed by atoms with Gasteiger partial charge >= 0.3 is 0 Å². The first-order valence-electron chi connectivity index (χ1n) is 11.6. The Morgan fingerprint density at radius 1 is 1.13 bits per heavy atom. The fraction of sp³-hybridized carbons (Fsp3) is 0.667. The fourth-order valence-corrected chi connectivity index (χ4v) is 4.37. The van der Waals surface area contributed by atoms with Crippen LogP contribution in [0.25, 0.3) is 0 Å². The molecule has 1 aromatic carbocycles. The minimum atomic E-state index is 0.274. The average molecular weight is 415 g/mol. The van der Waals surface area contributed by atoms with Crippen molar-refractivity contribution in [3.63, 3.8) is 0 Å². The molecule has 3 rings (SSSR count). The van der Waals surface area contributed by atoms with E-state index in [2.05, 4.69) is 39.9 Å². The summed E-state index contributed by atoms with van der Waals surface area (Å²) in [5, 5.41) is 6.88. The lowest BCUT2D eigenvalue weighted by Crippen LogP contribution is -2.45. The second-order valence-corrected chi connectivity index (χ2v) is 8.45. The van der Waals surface area contributed by atoms with E-state index < -0.39 is 0 Å². The summed E-state index contributed by atoms with van der Waals surface area (Å²) in [6.45, 7) is 4.11. The van der Waals surface area contributed by atoms with Crippen molar-refractivity contribution < 1.29 is 9.53 Å². The van der Waals surface area contributed by atoms with Crippen LogP contribution < -0.4 is 10.6 Å². The van der Waals surface area contributed by atoms with Crippen molar-refractivity contribution in [2.24, 2.45) is 10.9 Å². The summed E-state index contributed by atoms with van der Waals surface area (Å²) in [5.41, 5.74) is 1.32. The molecule has 1 atom stereocenters. The van der Waals surface area contributed by atoms with Crippen LogP contribution in [0.4, 0.5) is 0 Å². The Morgan fingerprint density at radius 3 is 2.70 bits per heavy atom. The van der Waals surface area contributed by atoms with Gasteiger partial charge in [-0.1, -0.05) is 43.2 Å². The van der Waals surface area contributed by atoms with Crippen molar-refractivity contribution >= 4 is 11.9 Å². The SMILES string of the molecule is CN=C(NCCCCOCCc1ccccc1)NC1CCN(C(=O)C2CCCC2)C1. The Labute approximate surface area is 181 Å². The van der Waals surface area contributed by atoms with Gasteiger partial charge in [0.2, 0.25) is 5.91 Å². The van der Waals surface area contributed by atoms with E-state index in [1.54, 1.807) is 7.05 Å². The van der Waals surface area contributed by atoms with Gasteiger partial charge in [-0.05, 0) is 44.1 Å². The molecular weight excluding hydrogens is 376 g/mol. The maximum atomic E-state index is 12.6. The highest BCUT2D eigenvalue weighted by atomic mass is 16.5. The smallest absolute Gasteiger partial charge is 0.225 e. The quantitative estimate of drug-likeness (QED) is 0.351. The van der Waals surface area contributed by atoms with E-state index in [1.165, 1.54) is 18.4 Å². The second-order valence-electron chi connectivity index (χ2n) is 8.45. The summed E-state index contributed by atoms with van der Waals surface area (Å²) < 4.78 is 5.74. The lowest BCUT2D eigenvalue weighted by molar-refractivity contribution is -0.134. The number of ether oxygens (including phenoxy) is 1. The number of unbranched alkanes of at least 4 members (excludes halogenated alkanes) is 1. The molecule has 1 heterocycles. The molecule has 6 heteroatoms. The molecule has 1 saturated heterocycles. The number of aliphatic imine (C=N–C) groups is 1. The number of carbonyl (C=O) groups excluding carboxylic acids is 1. The highest BCUT2D eigenvalue weighted by Gasteiger charge is 2.32. The van der Waals surface area contributed by atoms with Gasteiger partial charge in [0.1, 0.15) is 0 Å². The molecule has 0 radical (unpaired) electrons. The largest absolute Gasteiger partial charge is 0.381 e. The van der Waals surface area contributed by atoms with Gasteiger partial charge in [0.05, 0.1) is 6.61 Å². The second kappa shape index (κ2) is 12.6. The molecule has 2 N–H and O–H groups in total. The summed E-state index contributed by atoms with van der Waals surface area (Å²) in [6, 6.07) is 10.7. The Morgan fingerprint density at radius 2 is 1.93 bits per heavy atom. The Hall–Kier alpha value is -2.08. The Bertz CT molecular complexity index is 658. The van der Waals surface area contributed by atoms with Crippen molar-refractivity contribution in [1.29, 1.82) is 0 Å². The van der Waals surface area contributed by atoms with E-state index in [1.807, 2.05) is 11.0 Å². The van der Waals surface area contributed by atoms with Crippen LogP contribution in [0.5, 0.6) is 0 Å². The summed E-state index contributed by atoms with van der Waals surface area (Å²) >= 11 is 0. The molecule has 1 aliphatic carbocycles. The lowest BCUT2D eigenvalue weighted by Gasteiger charge is -2.21. The Balaban J connectivity index is 1.22. The molecule has 1 aliphatic heterocycles. The summed E-state index contributed by atoms with van der Waals surface area (Å²) in [6.07, 6.45) is 8.61. The standard InChI is InChI=1S/C24H38N4O2/c1-25-24(26-15-7-8-17-30-18-14-20-9-3-2-4-10-20)27-22-13-16-28(19-22)23(29)21-11-5-6-12-21/h2-4,9-10,21-22H,5-8,11-19H2,1H3,(H2,25,26,27). The predicted octanol–water partition coefficient (Wildman–Crippen LogP) is 2.98. The van der Waals surface area contributed by atoms with E-state index in [4.69, 9.17) is 4.74 Å². The summed E-state index contributed by atoms with van der Waals surface area (Å²) in [5.74, 6) is 1.48. The van der Waals surface area contributed by atoms with Crippen LogP contribution in [0.15, 0.2) is 35.3 Å². The first kappa shape index (κ1) is 22.6. The highest BCUT2D eigenvalue weighted by Crippen LogP contribution is 2.27. The number of rotatable bonds is 10. The van der Waals surface area contributed by atoms with Crippen molar-refractivity contribution in [2.45, 2.75) is 57.4 Å². The zero-order chi connectivity index (χ0) is 21.0. The first-order chi connectivity index (χ1) is 14.8. The molecule has 2 fully saturated rings. The van der Waals surface area contributed by atoms with Gasteiger partial charge in [-0.25, -0.2) is 0 Å². The van der Waals surface area contributed by atoms with Gasteiger partial charge in [0, 0.05) is 45.2 Å². The van der Waals surface area contributed by atoms with Crippen LogP contribution in [0, 0.1) is 5.92 Å². The number of guanidine groups is 1. The van der Waals surface area contributed by atoms with E-state index in [0.29, 0.717) is 11.9 Å². The normalized spacial score (nSPS) is 20.0. The highest BCUT2D eigenvalue weighted by molar-refractivity contribution is 5.81. The van der Waals surface area contributed by atoms with Crippen LogP contribution in [0.3, 0.4) is 0 Å². The molecule has 1 saturated carbocycles. The number of nitrogens with zero attached hydrogens (tertiary/aromatic N) is 2. The molecule has 30 heavy (non-hydrogen) atoms. The number of carbonyl (C=O) groups is 1. The van der Waals surface area contributed by atoms with Crippen LogP contribution >= 0.6 is 0 Å². The Kier molecular flexibility index (Phi) is 9.48. The molecule has 6 nitrogen and oxygen atoms in total. The summed E-state index contributed by atoms with van der Waals surface area (Å²) in [4.78, 5) is 19.0. The topological polar surface area (TPSA) is 66.0 Å². The predicted molar refractivity (Wildman–Crippen MR) is 122 cm³/mol. The summed E-state index contributed by atoms with van der Waals surface area (Å²) in [7, 11) is 1.80. The van der Waals surface area contributed by atoms with Crippen molar-refractivity contribution in [1.82, 2.24) is 15.5 Å². The monoisotopic (exact) mass is 414 g/mol. The average Bonchev–Trinajstić information content (AvgIpc) is 3.47. The molecule has 1 unspecified atom stereocenters. The number of likely N-dealkylation sites (tertiary alicyclic amines) is 1. The van der Waals surface area contributed by atoms with E-state index in [9.17, 15) is 4.79 Å². The zero-order valence-electron chi connectivity index (χ0n) is 18.4. The van der Waals surface area contributed by atoms with Crippen LogP contribution in [0.1, 0.15) is 50.5 Å².